The van der Waals surface area contributed by atoms with Crippen LogP contribution in [0.3, 0.4) is 0 Å². The summed E-state index contributed by atoms with van der Waals surface area (Å²) in [6.07, 6.45) is 0.779. The molecule has 0 radical (unpaired) electrons. The number of pyridine rings is 1. The number of carbonyl (C=O) groups excluding carboxylic acids is 1. The Labute approximate surface area is 124 Å². The Hall–Kier alpha value is -2.20. The monoisotopic (exact) mass is 281 g/mol. The standard InChI is InChI=1S/C17H19N3O/c1-11-7-8-13(12(2)19-11)17(21)20-10-9-15(18)14-5-3-4-6-16(14)20/h3-8,15H,9-10,18H2,1-2H3. The largest absolute Gasteiger partial charge is 0.324 e. The van der Waals surface area contributed by atoms with Crippen molar-refractivity contribution in [3.05, 3.63) is 58.9 Å². The van der Waals surface area contributed by atoms with Crippen molar-refractivity contribution >= 4 is 11.6 Å². The van der Waals surface area contributed by atoms with Crippen LogP contribution >= 0.6 is 0 Å². The van der Waals surface area contributed by atoms with Crippen LogP contribution in [-0.4, -0.2) is 17.4 Å². The quantitative estimate of drug-likeness (QED) is 0.874. The molecule has 1 amide bonds. The van der Waals surface area contributed by atoms with Gasteiger partial charge in [-0.1, -0.05) is 18.2 Å². The number of fused-ring (bicyclic) bond motifs is 1. The van der Waals surface area contributed by atoms with Gasteiger partial charge in [-0.05, 0) is 44.0 Å². The number of anilines is 1. The summed E-state index contributed by atoms with van der Waals surface area (Å²) in [4.78, 5) is 19.1. The zero-order chi connectivity index (χ0) is 15.0. The third kappa shape index (κ3) is 2.43. The maximum absolute atomic E-state index is 12.8. The molecule has 0 fully saturated rings. The summed E-state index contributed by atoms with van der Waals surface area (Å²) in [5.74, 6) is -0.000602. The molecule has 1 unspecified atom stereocenters. The topological polar surface area (TPSA) is 59.2 Å². The smallest absolute Gasteiger partial charge is 0.260 e. The van der Waals surface area contributed by atoms with Crippen LogP contribution in [0.5, 0.6) is 0 Å². The molecule has 1 aromatic heterocycles. The van der Waals surface area contributed by atoms with Gasteiger partial charge in [-0.15, -0.1) is 0 Å². The average Bonchev–Trinajstić information content (AvgIpc) is 2.47. The van der Waals surface area contributed by atoms with Crippen molar-refractivity contribution in [2.24, 2.45) is 5.73 Å². The number of aromatic nitrogens is 1. The van der Waals surface area contributed by atoms with Gasteiger partial charge in [0.25, 0.3) is 5.91 Å². The fourth-order valence-corrected chi connectivity index (χ4v) is 2.86. The summed E-state index contributed by atoms with van der Waals surface area (Å²) in [7, 11) is 0. The first-order valence-corrected chi connectivity index (χ1v) is 7.18. The van der Waals surface area contributed by atoms with Crippen LogP contribution in [0.1, 0.15) is 39.8 Å². The molecule has 0 aliphatic carbocycles. The van der Waals surface area contributed by atoms with Crippen molar-refractivity contribution < 1.29 is 4.79 Å². The predicted molar refractivity (Wildman–Crippen MR) is 83.4 cm³/mol. The molecule has 2 aromatic rings. The van der Waals surface area contributed by atoms with Crippen LogP contribution in [0, 0.1) is 13.8 Å². The van der Waals surface area contributed by atoms with Crippen LogP contribution in [0.2, 0.25) is 0 Å². The Bertz CT molecular complexity index is 696. The first-order valence-electron chi connectivity index (χ1n) is 7.18. The molecular weight excluding hydrogens is 262 g/mol. The third-order valence-electron chi connectivity index (χ3n) is 3.99. The van der Waals surface area contributed by atoms with Gasteiger partial charge in [-0.25, -0.2) is 0 Å². The van der Waals surface area contributed by atoms with Gasteiger partial charge in [0.2, 0.25) is 0 Å². The highest BCUT2D eigenvalue weighted by Gasteiger charge is 2.27. The zero-order valence-electron chi connectivity index (χ0n) is 12.3. The van der Waals surface area contributed by atoms with Gasteiger partial charge >= 0.3 is 0 Å². The summed E-state index contributed by atoms with van der Waals surface area (Å²) in [5, 5.41) is 0. The molecule has 4 heteroatoms. The number of para-hydroxylation sites is 1. The van der Waals surface area contributed by atoms with Crippen molar-refractivity contribution in [1.29, 1.82) is 0 Å². The summed E-state index contributed by atoms with van der Waals surface area (Å²) >= 11 is 0. The van der Waals surface area contributed by atoms with Crippen LogP contribution < -0.4 is 10.6 Å². The van der Waals surface area contributed by atoms with Gasteiger partial charge in [0, 0.05) is 24.0 Å². The van der Waals surface area contributed by atoms with E-state index < -0.39 is 0 Å². The number of nitrogens with zero attached hydrogens (tertiary/aromatic N) is 2. The van der Waals surface area contributed by atoms with Crippen LogP contribution in [0.4, 0.5) is 5.69 Å². The fourth-order valence-electron chi connectivity index (χ4n) is 2.86. The van der Waals surface area contributed by atoms with E-state index in [4.69, 9.17) is 5.73 Å². The second-order valence-electron chi connectivity index (χ2n) is 5.50. The van der Waals surface area contributed by atoms with Gasteiger partial charge in [0.05, 0.1) is 11.3 Å². The van der Waals surface area contributed by atoms with Gasteiger partial charge in [0.15, 0.2) is 0 Å². The molecule has 0 saturated carbocycles. The Morgan fingerprint density at radius 1 is 1.24 bits per heavy atom. The molecule has 2 heterocycles. The molecule has 108 valence electrons. The molecule has 1 atom stereocenters. The molecule has 0 spiro atoms. The molecule has 21 heavy (non-hydrogen) atoms. The van der Waals surface area contributed by atoms with Crippen LogP contribution in [0.25, 0.3) is 0 Å². The lowest BCUT2D eigenvalue weighted by Gasteiger charge is -2.33. The number of aryl methyl sites for hydroxylation is 2. The van der Waals surface area contributed by atoms with Crippen molar-refractivity contribution in [2.45, 2.75) is 26.3 Å². The Morgan fingerprint density at radius 2 is 2.00 bits per heavy atom. The highest BCUT2D eigenvalue weighted by Crippen LogP contribution is 2.33. The molecule has 1 aliphatic heterocycles. The van der Waals surface area contributed by atoms with Crippen LogP contribution in [-0.2, 0) is 0 Å². The maximum Gasteiger partial charge on any atom is 0.260 e. The SMILES string of the molecule is Cc1ccc(C(=O)N2CCC(N)c3ccccc32)c(C)n1. The number of hydrogen-bond acceptors (Lipinski definition) is 3. The lowest BCUT2D eigenvalue weighted by Crippen LogP contribution is -2.38. The molecule has 2 N–H and O–H groups in total. The fraction of sp³-hybridized carbons (Fsp3) is 0.294. The number of hydrogen-bond donors (Lipinski definition) is 1. The minimum Gasteiger partial charge on any atom is -0.324 e. The number of benzene rings is 1. The maximum atomic E-state index is 12.8. The van der Waals surface area contributed by atoms with E-state index in [1.807, 2.05) is 55.1 Å². The Morgan fingerprint density at radius 3 is 2.76 bits per heavy atom. The van der Waals surface area contributed by atoms with Crippen LogP contribution in [0.15, 0.2) is 36.4 Å². The molecule has 1 aromatic carbocycles. The van der Waals surface area contributed by atoms with Crippen molar-refractivity contribution in [2.75, 3.05) is 11.4 Å². The summed E-state index contributed by atoms with van der Waals surface area (Å²) in [6, 6.07) is 11.6. The Kier molecular flexibility index (Phi) is 3.47. The van der Waals surface area contributed by atoms with E-state index >= 15 is 0 Å². The average molecular weight is 281 g/mol. The highest BCUT2D eigenvalue weighted by molar-refractivity contribution is 6.07. The second kappa shape index (κ2) is 5.30. The molecule has 1 aliphatic rings. The van der Waals surface area contributed by atoms with Crippen molar-refractivity contribution in [1.82, 2.24) is 4.98 Å². The van der Waals surface area contributed by atoms with Gasteiger partial charge in [-0.3, -0.25) is 9.78 Å². The van der Waals surface area contributed by atoms with E-state index in [-0.39, 0.29) is 11.9 Å². The number of carbonyl (C=O) groups is 1. The normalized spacial score (nSPS) is 17.5. The first-order chi connectivity index (χ1) is 10.1. The molecule has 0 bridgehead atoms. The number of nitrogens with two attached hydrogens (primary N) is 1. The van der Waals surface area contributed by atoms with E-state index in [1.54, 1.807) is 0 Å². The van der Waals surface area contributed by atoms with E-state index in [0.717, 1.165) is 29.1 Å². The first kappa shape index (κ1) is 13.8. The van der Waals surface area contributed by atoms with Gasteiger partial charge < -0.3 is 10.6 Å². The van der Waals surface area contributed by atoms with Crippen molar-refractivity contribution in [3.8, 4) is 0 Å². The summed E-state index contributed by atoms with van der Waals surface area (Å²) < 4.78 is 0. The third-order valence-corrected chi connectivity index (χ3v) is 3.99. The highest BCUT2D eigenvalue weighted by atomic mass is 16.2. The number of amides is 1. The van der Waals surface area contributed by atoms with Crippen molar-refractivity contribution in [3.63, 3.8) is 0 Å². The second-order valence-corrected chi connectivity index (χ2v) is 5.50. The summed E-state index contributed by atoms with van der Waals surface area (Å²) in [6.45, 7) is 4.45. The lowest BCUT2D eigenvalue weighted by atomic mass is 9.96. The minimum absolute atomic E-state index is 0.000602. The van der Waals surface area contributed by atoms with E-state index in [9.17, 15) is 4.79 Å². The molecule has 3 rings (SSSR count). The number of rotatable bonds is 1. The zero-order valence-corrected chi connectivity index (χ0v) is 12.3. The van der Waals surface area contributed by atoms with E-state index in [0.29, 0.717) is 12.1 Å². The Balaban J connectivity index is 2.01. The predicted octanol–water partition coefficient (Wildman–Crippen LogP) is 2.75. The molecular formula is C17H19N3O. The molecule has 4 nitrogen and oxygen atoms in total. The lowest BCUT2D eigenvalue weighted by molar-refractivity contribution is 0.0983. The molecule has 0 saturated heterocycles. The van der Waals surface area contributed by atoms with Gasteiger partial charge in [0.1, 0.15) is 0 Å². The van der Waals surface area contributed by atoms with E-state index in [1.165, 1.54) is 0 Å². The van der Waals surface area contributed by atoms with E-state index in [2.05, 4.69) is 4.98 Å². The van der Waals surface area contributed by atoms with Gasteiger partial charge in [-0.2, -0.15) is 0 Å². The summed E-state index contributed by atoms with van der Waals surface area (Å²) in [5.41, 5.74) is 10.5. The minimum atomic E-state index is -0.000602.